The van der Waals surface area contributed by atoms with Crippen LogP contribution in [0.5, 0.6) is 11.5 Å². The number of halogens is 1. The first-order valence-corrected chi connectivity index (χ1v) is 5.97. The molecule has 0 saturated heterocycles. The van der Waals surface area contributed by atoms with Crippen LogP contribution < -0.4 is 4.74 Å². The number of nitrogens with zero attached hydrogens (tertiary/aromatic N) is 1. The molecule has 2 rings (SSSR count). The zero-order valence-corrected chi connectivity index (χ0v) is 10.9. The molecule has 0 spiro atoms. The van der Waals surface area contributed by atoms with Crippen molar-refractivity contribution < 1.29 is 9.84 Å². The molecule has 0 radical (unpaired) electrons. The number of aliphatic hydroxyl groups is 1. The molecule has 0 aliphatic heterocycles. The van der Waals surface area contributed by atoms with E-state index < -0.39 is 0 Å². The smallest absolute Gasteiger partial charge is 0.146 e. The van der Waals surface area contributed by atoms with E-state index in [1.165, 1.54) is 0 Å². The maximum Gasteiger partial charge on any atom is 0.146 e. The van der Waals surface area contributed by atoms with Gasteiger partial charge in [0, 0.05) is 10.7 Å². The van der Waals surface area contributed by atoms with Crippen LogP contribution in [0.1, 0.15) is 11.1 Å². The Balaban J connectivity index is 2.22. The summed E-state index contributed by atoms with van der Waals surface area (Å²) in [7, 11) is 0. The van der Waals surface area contributed by atoms with Gasteiger partial charge in [-0.15, -0.1) is 0 Å². The standard InChI is InChI=1S/C13H12BrNO2/c1-9-4-12(3-2-10(9)8-16)17-13-5-11(14)6-15-7-13/h2-7,16H,8H2,1H3. The van der Waals surface area contributed by atoms with Gasteiger partial charge in [0.05, 0.1) is 12.8 Å². The van der Waals surface area contributed by atoms with Crippen molar-refractivity contribution in [3.8, 4) is 11.5 Å². The van der Waals surface area contributed by atoms with Gasteiger partial charge in [-0.1, -0.05) is 6.07 Å². The van der Waals surface area contributed by atoms with E-state index in [1.54, 1.807) is 12.4 Å². The first-order chi connectivity index (χ1) is 8.19. The zero-order valence-electron chi connectivity index (χ0n) is 9.35. The maximum absolute atomic E-state index is 9.08. The molecule has 0 amide bonds. The third-order valence-electron chi connectivity index (χ3n) is 2.40. The van der Waals surface area contributed by atoms with Crippen molar-refractivity contribution in [2.75, 3.05) is 0 Å². The molecule has 0 saturated carbocycles. The maximum atomic E-state index is 9.08. The quantitative estimate of drug-likeness (QED) is 0.943. The second-order valence-corrected chi connectivity index (χ2v) is 4.60. The summed E-state index contributed by atoms with van der Waals surface area (Å²) in [5, 5.41) is 9.08. The first kappa shape index (κ1) is 12.1. The van der Waals surface area contributed by atoms with Gasteiger partial charge in [-0.25, -0.2) is 0 Å². The molecule has 0 aliphatic carbocycles. The minimum Gasteiger partial charge on any atom is -0.456 e. The normalized spacial score (nSPS) is 10.3. The van der Waals surface area contributed by atoms with Crippen molar-refractivity contribution in [2.24, 2.45) is 0 Å². The average Bonchev–Trinajstić information content (AvgIpc) is 2.29. The van der Waals surface area contributed by atoms with Crippen LogP contribution >= 0.6 is 15.9 Å². The van der Waals surface area contributed by atoms with E-state index in [4.69, 9.17) is 9.84 Å². The van der Waals surface area contributed by atoms with Crippen molar-refractivity contribution in [1.29, 1.82) is 0 Å². The Kier molecular flexibility index (Phi) is 3.76. The van der Waals surface area contributed by atoms with Gasteiger partial charge in [0.2, 0.25) is 0 Å². The monoisotopic (exact) mass is 293 g/mol. The molecule has 88 valence electrons. The molecule has 0 aliphatic rings. The van der Waals surface area contributed by atoms with Crippen LogP contribution in [0.2, 0.25) is 0 Å². The molecule has 4 heteroatoms. The largest absolute Gasteiger partial charge is 0.456 e. The number of hydrogen-bond acceptors (Lipinski definition) is 3. The van der Waals surface area contributed by atoms with E-state index in [-0.39, 0.29) is 6.61 Å². The van der Waals surface area contributed by atoms with Crippen LogP contribution in [0.15, 0.2) is 41.1 Å². The Morgan fingerprint density at radius 2 is 2.06 bits per heavy atom. The van der Waals surface area contributed by atoms with Gasteiger partial charge in [0.25, 0.3) is 0 Å². The molecular weight excluding hydrogens is 282 g/mol. The Morgan fingerprint density at radius 1 is 1.24 bits per heavy atom. The number of aryl methyl sites for hydroxylation is 1. The van der Waals surface area contributed by atoms with E-state index in [2.05, 4.69) is 20.9 Å². The number of hydrogen-bond donors (Lipinski definition) is 1. The van der Waals surface area contributed by atoms with E-state index in [0.717, 1.165) is 21.3 Å². The summed E-state index contributed by atoms with van der Waals surface area (Å²) < 4.78 is 6.54. The fourth-order valence-electron chi connectivity index (χ4n) is 1.49. The van der Waals surface area contributed by atoms with Gasteiger partial charge in [-0.2, -0.15) is 0 Å². The fraction of sp³-hybridized carbons (Fsp3) is 0.154. The number of aromatic nitrogens is 1. The van der Waals surface area contributed by atoms with Crippen molar-refractivity contribution in [3.63, 3.8) is 0 Å². The second-order valence-electron chi connectivity index (χ2n) is 3.69. The molecule has 17 heavy (non-hydrogen) atoms. The van der Waals surface area contributed by atoms with Crippen molar-refractivity contribution in [1.82, 2.24) is 4.98 Å². The second kappa shape index (κ2) is 5.29. The summed E-state index contributed by atoms with van der Waals surface area (Å²) >= 11 is 3.34. The average molecular weight is 294 g/mol. The molecular formula is C13H12BrNO2. The molecule has 3 nitrogen and oxygen atoms in total. The molecule has 0 unspecified atom stereocenters. The molecule has 0 bridgehead atoms. The van der Waals surface area contributed by atoms with Crippen LogP contribution in [-0.4, -0.2) is 10.1 Å². The molecule has 0 fully saturated rings. The summed E-state index contributed by atoms with van der Waals surface area (Å²) in [6, 6.07) is 7.43. The molecule has 1 heterocycles. The predicted molar refractivity (Wildman–Crippen MR) is 69.1 cm³/mol. The van der Waals surface area contributed by atoms with Crippen LogP contribution in [0.25, 0.3) is 0 Å². The third-order valence-corrected chi connectivity index (χ3v) is 2.83. The third kappa shape index (κ3) is 3.05. The predicted octanol–water partition coefficient (Wildman–Crippen LogP) is 3.44. The number of benzene rings is 1. The highest BCUT2D eigenvalue weighted by molar-refractivity contribution is 9.10. The Morgan fingerprint density at radius 3 is 2.71 bits per heavy atom. The summed E-state index contributed by atoms with van der Waals surface area (Å²) in [6.45, 7) is 1.99. The Labute approximate surface area is 108 Å². The number of aliphatic hydroxyl groups excluding tert-OH is 1. The summed E-state index contributed by atoms with van der Waals surface area (Å²) in [5.74, 6) is 1.41. The highest BCUT2D eigenvalue weighted by Gasteiger charge is 2.02. The minimum absolute atomic E-state index is 0.0462. The fourth-order valence-corrected chi connectivity index (χ4v) is 1.84. The molecule has 1 aromatic carbocycles. The Bertz CT molecular complexity index is 529. The number of rotatable bonds is 3. The lowest BCUT2D eigenvalue weighted by Gasteiger charge is -2.08. The number of ether oxygens (including phenoxy) is 1. The Hall–Kier alpha value is -1.39. The molecule has 2 aromatic rings. The van der Waals surface area contributed by atoms with Crippen molar-refractivity contribution in [3.05, 3.63) is 52.3 Å². The van der Waals surface area contributed by atoms with Gasteiger partial charge >= 0.3 is 0 Å². The molecule has 0 atom stereocenters. The first-order valence-electron chi connectivity index (χ1n) is 5.18. The van der Waals surface area contributed by atoms with Crippen LogP contribution in [0.4, 0.5) is 0 Å². The van der Waals surface area contributed by atoms with E-state index in [9.17, 15) is 0 Å². The molecule has 1 aromatic heterocycles. The van der Waals surface area contributed by atoms with Gasteiger partial charge < -0.3 is 9.84 Å². The van der Waals surface area contributed by atoms with Crippen molar-refractivity contribution >= 4 is 15.9 Å². The minimum atomic E-state index is 0.0462. The van der Waals surface area contributed by atoms with E-state index >= 15 is 0 Å². The van der Waals surface area contributed by atoms with Crippen LogP contribution in [-0.2, 0) is 6.61 Å². The van der Waals surface area contributed by atoms with Gasteiger partial charge in [-0.3, -0.25) is 4.98 Å². The summed E-state index contributed by atoms with van der Waals surface area (Å²) in [4.78, 5) is 4.02. The van der Waals surface area contributed by atoms with E-state index in [1.807, 2.05) is 31.2 Å². The lowest BCUT2D eigenvalue weighted by molar-refractivity contribution is 0.281. The topological polar surface area (TPSA) is 42.4 Å². The highest BCUT2D eigenvalue weighted by Crippen LogP contribution is 2.25. The lowest BCUT2D eigenvalue weighted by Crippen LogP contribution is -1.91. The zero-order chi connectivity index (χ0) is 12.3. The lowest BCUT2D eigenvalue weighted by atomic mass is 10.1. The van der Waals surface area contributed by atoms with Gasteiger partial charge in [0.15, 0.2) is 0 Å². The SMILES string of the molecule is Cc1cc(Oc2cncc(Br)c2)ccc1CO. The number of pyridine rings is 1. The van der Waals surface area contributed by atoms with Gasteiger partial charge in [0.1, 0.15) is 11.5 Å². The summed E-state index contributed by atoms with van der Waals surface area (Å²) in [5.41, 5.74) is 1.91. The van der Waals surface area contributed by atoms with Crippen molar-refractivity contribution in [2.45, 2.75) is 13.5 Å². The highest BCUT2D eigenvalue weighted by atomic mass is 79.9. The summed E-state index contributed by atoms with van der Waals surface area (Å²) in [6.07, 6.45) is 3.35. The van der Waals surface area contributed by atoms with E-state index in [0.29, 0.717) is 5.75 Å². The van der Waals surface area contributed by atoms with Gasteiger partial charge in [-0.05, 0) is 52.2 Å². The van der Waals surface area contributed by atoms with Crippen LogP contribution in [0, 0.1) is 6.92 Å². The van der Waals surface area contributed by atoms with Crippen LogP contribution in [0.3, 0.4) is 0 Å². The molecule has 1 N–H and O–H groups in total.